The summed E-state index contributed by atoms with van der Waals surface area (Å²) in [5.41, 5.74) is 0.266. The Morgan fingerprint density at radius 2 is 1.72 bits per heavy atom. The van der Waals surface area contributed by atoms with E-state index in [4.69, 9.17) is 0 Å². The van der Waals surface area contributed by atoms with Crippen LogP contribution in [-0.4, -0.2) is 22.4 Å². The van der Waals surface area contributed by atoms with Crippen molar-refractivity contribution in [2.24, 2.45) is 11.8 Å². The maximum atomic E-state index is 13.2. The first-order valence-corrected chi connectivity index (χ1v) is 9.14. The SMILES string of the molecule is CC1CCCC(C)C12NC(=O)N(Cc1ccc3ccccc3c1)C2=O. The van der Waals surface area contributed by atoms with Gasteiger partial charge in [-0.1, -0.05) is 56.7 Å². The lowest BCUT2D eigenvalue weighted by Crippen LogP contribution is -2.58. The summed E-state index contributed by atoms with van der Waals surface area (Å²) in [7, 11) is 0. The van der Waals surface area contributed by atoms with Gasteiger partial charge in [-0.25, -0.2) is 4.79 Å². The smallest absolute Gasteiger partial charge is 0.323 e. The Kier molecular flexibility index (Phi) is 3.78. The summed E-state index contributed by atoms with van der Waals surface area (Å²) in [5, 5.41) is 5.35. The number of nitrogens with one attached hydrogen (secondary N) is 1. The van der Waals surface area contributed by atoms with Gasteiger partial charge in [0.05, 0.1) is 6.54 Å². The Bertz CT molecular complexity index is 835. The number of amides is 3. The molecule has 1 saturated carbocycles. The highest BCUT2D eigenvalue weighted by atomic mass is 16.2. The molecule has 2 aliphatic rings. The van der Waals surface area contributed by atoms with Gasteiger partial charge in [0.25, 0.3) is 5.91 Å². The molecule has 1 spiro atoms. The Morgan fingerprint density at radius 1 is 1.04 bits per heavy atom. The van der Waals surface area contributed by atoms with Crippen molar-refractivity contribution in [1.29, 1.82) is 0 Å². The maximum absolute atomic E-state index is 13.2. The molecule has 4 nitrogen and oxygen atoms in total. The third kappa shape index (κ3) is 2.43. The van der Waals surface area contributed by atoms with Crippen molar-refractivity contribution in [3.8, 4) is 0 Å². The minimum absolute atomic E-state index is 0.0506. The lowest BCUT2D eigenvalue weighted by molar-refractivity contribution is -0.136. The van der Waals surface area contributed by atoms with Gasteiger partial charge in [-0.3, -0.25) is 9.69 Å². The molecule has 0 radical (unpaired) electrons. The minimum atomic E-state index is -0.716. The van der Waals surface area contributed by atoms with E-state index in [1.165, 1.54) is 4.90 Å². The number of rotatable bonds is 2. The Morgan fingerprint density at radius 3 is 2.44 bits per heavy atom. The van der Waals surface area contributed by atoms with Crippen LogP contribution in [0.2, 0.25) is 0 Å². The third-order valence-corrected chi connectivity index (χ3v) is 6.14. The van der Waals surface area contributed by atoms with E-state index in [0.29, 0.717) is 6.54 Å². The maximum Gasteiger partial charge on any atom is 0.325 e. The van der Waals surface area contributed by atoms with Gasteiger partial charge in [-0.15, -0.1) is 0 Å². The van der Waals surface area contributed by atoms with E-state index in [-0.39, 0.29) is 23.8 Å². The van der Waals surface area contributed by atoms with E-state index < -0.39 is 5.54 Å². The second kappa shape index (κ2) is 5.87. The molecule has 2 atom stereocenters. The van der Waals surface area contributed by atoms with Gasteiger partial charge in [0, 0.05) is 0 Å². The van der Waals surface area contributed by atoms with Crippen molar-refractivity contribution in [3.63, 3.8) is 0 Å². The number of carbonyl (C=O) groups is 2. The second-order valence-corrected chi connectivity index (χ2v) is 7.60. The number of urea groups is 1. The molecular formula is C21H24N2O2. The molecule has 1 heterocycles. The van der Waals surface area contributed by atoms with Crippen molar-refractivity contribution in [2.75, 3.05) is 0 Å². The molecule has 1 saturated heterocycles. The molecule has 4 rings (SSSR count). The van der Waals surface area contributed by atoms with Crippen molar-refractivity contribution in [3.05, 3.63) is 48.0 Å². The molecule has 1 N–H and O–H groups in total. The van der Waals surface area contributed by atoms with Crippen LogP contribution in [0.5, 0.6) is 0 Å². The number of imide groups is 1. The van der Waals surface area contributed by atoms with Gasteiger partial charge in [-0.05, 0) is 47.1 Å². The monoisotopic (exact) mass is 336 g/mol. The fraction of sp³-hybridized carbons (Fsp3) is 0.429. The zero-order chi connectivity index (χ0) is 17.6. The van der Waals surface area contributed by atoms with Crippen LogP contribution < -0.4 is 5.32 Å². The fourth-order valence-electron chi connectivity index (χ4n) is 4.62. The molecule has 2 fully saturated rings. The molecule has 2 unspecified atom stereocenters. The topological polar surface area (TPSA) is 49.4 Å². The van der Waals surface area contributed by atoms with E-state index in [0.717, 1.165) is 35.6 Å². The molecule has 2 aromatic rings. The predicted octanol–water partition coefficient (Wildman–Crippen LogP) is 4.09. The predicted molar refractivity (Wildman–Crippen MR) is 97.9 cm³/mol. The average molecular weight is 336 g/mol. The van der Waals surface area contributed by atoms with Crippen LogP contribution in [0.4, 0.5) is 4.79 Å². The first kappa shape index (κ1) is 16.1. The summed E-state index contributed by atoms with van der Waals surface area (Å²) in [6.07, 6.45) is 3.10. The Hall–Kier alpha value is -2.36. The zero-order valence-corrected chi connectivity index (χ0v) is 14.8. The number of hydrogen-bond acceptors (Lipinski definition) is 2. The molecule has 1 aliphatic heterocycles. The summed E-state index contributed by atoms with van der Waals surface area (Å²) in [6, 6.07) is 14.0. The second-order valence-electron chi connectivity index (χ2n) is 7.60. The van der Waals surface area contributed by atoms with Crippen LogP contribution in [0.3, 0.4) is 0 Å². The van der Waals surface area contributed by atoms with Crippen molar-refractivity contribution in [2.45, 2.75) is 45.2 Å². The lowest BCUT2D eigenvalue weighted by Gasteiger charge is -2.42. The summed E-state index contributed by atoms with van der Waals surface area (Å²) in [5.74, 6) is 0.300. The Labute approximate surface area is 148 Å². The normalized spacial score (nSPS) is 29.4. The molecule has 130 valence electrons. The minimum Gasteiger partial charge on any atom is -0.323 e. The van der Waals surface area contributed by atoms with Crippen molar-refractivity contribution in [1.82, 2.24) is 10.2 Å². The van der Waals surface area contributed by atoms with Crippen LogP contribution in [-0.2, 0) is 11.3 Å². The van der Waals surface area contributed by atoms with E-state index in [1.807, 2.05) is 24.3 Å². The van der Waals surface area contributed by atoms with Gasteiger partial charge in [0.2, 0.25) is 0 Å². The molecule has 4 heteroatoms. The highest BCUT2D eigenvalue weighted by Crippen LogP contribution is 2.42. The van der Waals surface area contributed by atoms with Crippen molar-refractivity contribution < 1.29 is 9.59 Å². The van der Waals surface area contributed by atoms with Crippen molar-refractivity contribution >= 4 is 22.7 Å². The number of fused-ring (bicyclic) bond motifs is 1. The summed E-state index contributed by atoms with van der Waals surface area (Å²) in [6.45, 7) is 4.51. The van der Waals surface area contributed by atoms with Gasteiger partial charge >= 0.3 is 6.03 Å². The number of hydrogen-bond donors (Lipinski definition) is 1. The molecular weight excluding hydrogens is 312 g/mol. The molecule has 0 aromatic heterocycles. The van der Waals surface area contributed by atoms with Crippen LogP contribution in [0, 0.1) is 11.8 Å². The summed E-state index contributed by atoms with van der Waals surface area (Å²) in [4.78, 5) is 27.2. The van der Waals surface area contributed by atoms with Gasteiger partial charge in [0.15, 0.2) is 0 Å². The first-order valence-electron chi connectivity index (χ1n) is 9.14. The average Bonchev–Trinajstić information content (AvgIpc) is 2.86. The zero-order valence-electron chi connectivity index (χ0n) is 14.8. The largest absolute Gasteiger partial charge is 0.325 e. The molecule has 25 heavy (non-hydrogen) atoms. The van der Waals surface area contributed by atoms with Gasteiger partial charge in [-0.2, -0.15) is 0 Å². The van der Waals surface area contributed by atoms with Crippen LogP contribution in [0.25, 0.3) is 10.8 Å². The highest BCUT2D eigenvalue weighted by Gasteiger charge is 2.58. The highest BCUT2D eigenvalue weighted by molar-refractivity contribution is 6.07. The summed E-state index contributed by atoms with van der Waals surface area (Å²) < 4.78 is 0. The fourth-order valence-corrected chi connectivity index (χ4v) is 4.62. The standard InChI is InChI=1S/C21H24N2O2/c1-14-6-5-7-15(2)21(14)19(24)23(20(25)22-21)13-16-10-11-17-8-3-4-9-18(17)12-16/h3-4,8-12,14-15H,5-7,13H2,1-2H3,(H,22,25). The number of nitrogens with zero attached hydrogens (tertiary/aromatic N) is 1. The van der Waals surface area contributed by atoms with Crippen LogP contribution in [0.1, 0.15) is 38.7 Å². The van der Waals surface area contributed by atoms with Gasteiger partial charge in [0.1, 0.15) is 5.54 Å². The molecule has 1 aliphatic carbocycles. The van der Waals surface area contributed by atoms with E-state index in [9.17, 15) is 9.59 Å². The van der Waals surface area contributed by atoms with E-state index >= 15 is 0 Å². The molecule has 0 bridgehead atoms. The molecule has 3 amide bonds. The van der Waals surface area contributed by atoms with E-state index in [1.54, 1.807) is 0 Å². The quantitative estimate of drug-likeness (QED) is 0.840. The third-order valence-electron chi connectivity index (χ3n) is 6.14. The lowest BCUT2D eigenvalue weighted by atomic mass is 9.67. The first-order chi connectivity index (χ1) is 12.0. The number of benzene rings is 2. The Balaban J connectivity index is 1.64. The molecule has 2 aromatic carbocycles. The summed E-state index contributed by atoms with van der Waals surface area (Å²) >= 11 is 0. The number of carbonyl (C=O) groups excluding carboxylic acids is 2. The van der Waals surface area contributed by atoms with E-state index in [2.05, 4.69) is 37.4 Å². The van der Waals surface area contributed by atoms with Crippen LogP contribution in [0.15, 0.2) is 42.5 Å². The van der Waals surface area contributed by atoms with Gasteiger partial charge < -0.3 is 5.32 Å². The van der Waals surface area contributed by atoms with Crippen LogP contribution >= 0.6 is 0 Å².